The lowest BCUT2D eigenvalue weighted by Gasteiger charge is -2.15. The van der Waals surface area contributed by atoms with Gasteiger partial charge < -0.3 is 10.1 Å². The summed E-state index contributed by atoms with van der Waals surface area (Å²) >= 11 is 0. The maximum absolute atomic E-state index is 12.1. The Morgan fingerprint density at radius 1 is 1.38 bits per heavy atom. The molecular formula is C22H32N2O2. The normalized spacial score (nSPS) is 18.3. The van der Waals surface area contributed by atoms with E-state index in [1.807, 2.05) is 55.5 Å². The smallest absolute Gasteiger partial charge is 0.224 e. The predicted molar refractivity (Wildman–Crippen MR) is 110 cm³/mol. The Labute approximate surface area is 158 Å². The van der Waals surface area contributed by atoms with Crippen LogP contribution < -0.4 is 5.32 Å². The number of carbonyl (C=O) groups is 1. The third-order valence-electron chi connectivity index (χ3n) is 3.55. The van der Waals surface area contributed by atoms with Gasteiger partial charge in [-0.1, -0.05) is 51.2 Å². The van der Waals surface area contributed by atoms with Gasteiger partial charge in [-0.25, -0.2) is 0 Å². The van der Waals surface area contributed by atoms with Crippen molar-refractivity contribution < 1.29 is 9.53 Å². The van der Waals surface area contributed by atoms with Gasteiger partial charge in [-0.2, -0.15) is 0 Å². The molecule has 0 spiro atoms. The number of nitrogens with one attached hydrogen (secondary N) is 1. The SMILES string of the molecule is CC/C=C\C(=C/CC(=O)NC1C=CC(C)=NC1)OC/C=C\C=C/C(C)C. The second-order valence-corrected chi connectivity index (χ2v) is 6.50. The first-order chi connectivity index (χ1) is 12.5. The highest BCUT2D eigenvalue weighted by molar-refractivity contribution is 5.93. The van der Waals surface area contributed by atoms with E-state index in [0.29, 0.717) is 24.8 Å². The molecule has 142 valence electrons. The molecule has 0 saturated heterocycles. The Morgan fingerprint density at radius 3 is 2.85 bits per heavy atom. The van der Waals surface area contributed by atoms with E-state index in [-0.39, 0.29) is 18.4 Å². The van der Waals surface area contributed by atoms with Crippen molar-refractivity contribution in [3.05, 3.63) is 60.4 Å². The van der Waals surface area contributed by atoms with Crippen molar-refractivity contribution in [1.29, 1.82) is 0 Å². The van der Waals surface area contributed by atoms with Crippen LogP contribution in [0.15, 0.2) is 65.4 Å². The topological polar surface area (TPSA) is 50.7 Å². The maximum atomic E-state index is 12.1. The highest BCUT2D eigenvalue weighted by Gasteiger charge is 2.10. The monoisotopic (exact) mass is 356 g/mol. The van der Waals surface area contributed by atoms with Gasteiger partial charge in [0.2, 0.25) is 5.91 Å². The second kappa shape index (κ2) is 12.9. The molecule has 1 rings (SSSR count). The first-order valence-corrected chi connectivity index (χ1v) is 9.32. The number of amides is 1. The van der Waals surface area contributed by atoms with Crippen molar-refractivity contribution >= 4 is 11.6 Å². The van der Waals surface area contributed by atoms with Crippen LogP contribution in [0.4, 0.5) is 0 Å². The Bertz CT molecular complexity index is 608. The molecule has 1 N–H and O–H groups in total. The van der Waals surface area contributed by atoms with Gasteiger partial charge in [0.1, 0.15) is 12.4 Å². The van der Waals surface area contributed by atoms with Crippen molar-refractivity contribution in [1.82, 2.24) is 5.32 Å². The van der Waals surface area contributed by atoms with E-state index in [4.69, 9.17) is 4.74 Å². The molecular weight excluding hydrogens is 324 g/mol. The molecule has 0 fully saturated rings. The first-order valence-electron chi connectivity index (χ1n) is 9.32. The third-order valence-corrected chi connectivity index (χ3v) is 3.55. The average molecular weight is 357 g/mol. The van der Waals surface area contributed by atoms with E-state index in [1.54, 1.807) is 0 Å². The summed E-state index contributed by atoms with van der Waals surface area (Å²) in [5.74, 6) is 1.22. The lowest BCUT2D eigenvalue weighted by molar-refractivity contribution is -0.120. The number of ether oxygens (including phenoxy) is 1. The average Bonchev–Trinajstić information content (AvgIpc) is 2.61. The molecule has 0 aromatic carbocycles. The van der Waals surface area contributed by atoms with Crippen molar-refractivity contribution in [2.24, 2.45) is 10.9 Å². The number of nitrogens with zero attached hydrogens (tertiary/aromatic N) is 1. The largest absolute Gasteiger partial charge is 0.490 e. The minimum Gasteiger partial charge on any atom is -0.490 e. The molecule has 0 bridgehead atoms. The molecule has 1 atom stereocenters. The van der Waals surface area contributed by atoms with E-state index in [9.17, 15) is 4.79 Å². The van der Waals surface area contributed by atoms with Crippen molar-refractivity contribution in [3.8, 4) is 0 Å². The second-order valence-electron chi connectivity index (χ2n) is 6.50. The van der Waals surface area contributed by atoms with Crippen LogP contribution in [0.5, 0.6) is 0 Å². The molecule has 4 heteroatoms. The van der Waals surface area contributed by atoms with Gasteiger partial charge in [0.15, 0.2) is 0 Å². The molecule has 1 aliphatic rings. The van der Waals surface area contributed by atoms with E-state index >= 15 is 0 Å². The Morgan fingerprint density at radius 2 is 2.19 bits per heavy atom. The summed E-state index contributed by atoms with van der Waals surface area (Å²) < 4.78 is 5.74. The summed E-state index contributed by atoms with van der Waals surface area (Å²) in [5, 5.41) is 2.97. The van der Waals surface area contributed by atoms with Crippen LogP contribution in [0.25, 0.3) is 0 Å². The molecule has 1 amide bonds. The molecule has 0 saturated carbocycles. The number of hydrogen-bond acceptors (Lipinski definition) is 3. The molecule has 1 unspecified atom stereocenters. The number of allylic oxidation sites excluding steroid dienone is 6. The van der Waals surface area contributed by atoms with Crippen molar-refractivity contribution in [3.63, 3.8) is 0 Å². The fourth-order valence-electron chi connectivity index (χ4n) is 2.14. The van der Waals surface area contributed by atoms with Crippen LogP contribution >= 0.6 is 0 Å². The van der Waals surface area contributed by atoms with Crippen LogP contribution in [-0.4, -0.2) is 30.8 Å². The number of carbonyl (C=O) groups excluding carboxylic acids is 1. The van der Waals surface area contributed by atoms with Crippen molar-refractivity contribution in [2.75, 3.05) is 13.2 Å². The summed E-state index contributed by atoms with van der Waals surface area (Å²) in [6, 6.07) is -0.0224. The number of dihydropyridines is 1. The Hall–Kier alpha value is -2.36. The van der Waals surface area contributed by atoms with Gasteiger partial charge in [-0.15, -0.1) is 0 Å². The first kappa shape index (κ1) is 21.7. The van der Waals surface area contributed by atoms with Crippen LogP contribution in [-0.2, 0) is 9.53 Å². The van der Waals surface area contributed by atoms with E-state index in [0.717, 1.165) is 12.1 Å². The fourth-order valence-corrected chi connectivity index (χ4v) is 2.14. The van der Waals surface area contributed by atoms with Crippen LogP contribution in [0.3, 0.4) is 0 Å². The molecule has 0 aromatic rings. The van der Waals surface area contributed by atoms with Crippen LogP contribution in [0, 0.1) is 5.92 Å². The summed E-state index contributed by atoms with van der Waals surface area (Å²) in [6.45, 7) is 9.37. The van der Waals surface area contributed by atoms with Gasteiger partial charge in [0, 0.05) is 12.1 Å². The third kappa shape index (κ3) is 10.5. The molecule has 4 nitrogen and oxygen atoms in total. The lowest BCUT2D eigenvalue weighted by Crippen LogP contribution is -2.36. The summed E-state index contributed by atoms with van der Waals surface area (Å²) in [4.78, 5) is 16.4. The van der Waals surface area contributed by atoms with Crippen molar-refractivity contribution in [2.45, 2.75) is 46.6 Å². The van der Waals surface area contributed by atoms with E-state index in [2.05, 4.69) is 37.2 Å². The highest BCUT2D eigenvalue weighted by atomic mass is 16.5. The quantitative estimate of drug-likeness (QED) is 0.462. The van der Waals surface area contributed by atoms with Crippen LogP contribution in [0.1, 0.15) is 40.5 Å². The molecule has 1 heterocycles. The summed E-state index contributed by atoms with van der Waals surface area (Å²) in [6.07, 6.45) is 19.0. The molecule has 0 radical (unpaired) electrons. The minimum absolute atomic E-state index is 0.0224. The van der Waals surface area contributed by atoms with Gasteiger partial charge >= 0.3 is 0 Å². The summed E-state index contributed by atoms with van der Waals surface area (Å²) in [7, 11) is 0. The van der Waals surface area contributed by atoms with E-state index < -0.39 is 0 Å². The lowest BCUT2D eigenvalue weighted by atomic mass is 10.2. The molecule has 1 aliphatic heterocycles. The zero-order chi connectivity index (χ0) is 19.2. The zero-order valence-electron chi connectivity index (χ0n) is 16.4. The fraction of sp³-hybridized carbons (Fsp3) is 0.455. The molecule has 26 heavy (non-hydrogen) atoms. The maximum Gasteiger partial charge on any atom is 0.224 e. The predicted octanol–water partition coefficient (Wildman–Crippen LogP) is 4.53. The number of aliphatic imine (C=N–C) groups is 1. The van der Waals surface area contributed by atoms with Gasteiger partial charge in [0.25, 0.3) is 0 Å². The van der Waals surface area contributed by atoms with Gasteiger partial charge in [0.05, 0.1) is 12.6 Å². The highest BCUT2D eigenvalue weighted by Crippen LogP contribution is 2.05. The Kier molecular flexibility index (Phi) is 10.8. The number of hydrogen-bond donors (Lipinski definition) is 1. The standard InChI is InChI=1S/C22H32N2O2/c1-5-6-11-21(26-16-9-7-8-10-18(2)3)14-15-22(25)24-20-13-12-19(4)23-17-20/h6-14,18,20H,5,15-17H2,1-4H3,(H,24,25)/b9-7-,10-8-,11-6-,21-14+. The number of rotatable bonds is 10. The summed E-state index contributed by atoms with van der Waals surface area (Å²) in [5.41, 5.74) is 0.993. The Balaban J connectivity index is 2.47. The zero-order valence-corrected chi connectivity index (χ0v) is 16.4. The van der Waals surface area contributed by atoms with E-state index in [1.165, 1.54) is 0 Å². The molecule has 0 aromatic heterocycles. The minimum atomic E-state index is -0.0317. The van der Waals surface area contributed by atoms with Crippen LogP contribution in [0.2, 0.25) is 0 Å². The van der Waals surface area contributed by atoms with Gasteiger partial charge in [-0.05, 0) is 43.6 Å². The molecule has 0 aliphatic carbocycles. The van der Waals surface area contributed by atoms with Gasteiger partial charge in [-0.3, -0.25) is 9.79 Å².